The minimum Gasteiger partial charge on any atom is -0.481 e. The first-order chi connectivity index (χ1) is 11.9. The summed E-state index contributed by atoms with van der Waals surface area (Å²) in [5.74, 6) is -3.54. The van der Waals surface area contributed by atoms with Gasteiger partial charge >= 0.3 is 11.9 Å². The van der Waals surface area contributed by atoms with E-state index in [0.29, 0.717) is 6.42 Å². The van der Waals surface area contributed by atoms with E-state index in [2.05, 4.69) is 0 Å². The highest BCUT2D eigenvalue weighted by Gasteiger charge is 2.58. The molecule has 4 N–H and O–H groups in total. The van der Waals surface area contributed by atoms with Crippen molar-refractivity contribution >= 4 is 11.9 Å². The third kappa shape index (κ3) is 3.42. The lowest BCUT2D eigenvalue weighted by Crippen LogP contribution is -2.52. The van der Waals surface area contributed by atoms with Gasteiger partial charge in [0.2, 0.25) is 0 Å². The SMILES string of the molecule is N[C@@](CC(c1ccccc1)c1ccccc1)(C(=O)O)[C@@H]1C[C@H]1C(=O)O. The normalized spacial score (nSPS) is 21.5. The minimum absolute atomic E-state index is 0.158. The van der Waals surface area contributed by atoms with Crippen molar-refractivity contribution in [1.82, 2.24) is 0 Å². The van der Waals surface area contributed by atoms with Crippen molar-refractivity contribution in [3.05, 3.63) is 71.8 Å². The van der Waals surface area contributed by atoms with Gasteiger partial charge in [-0.1, -0.05) is 60.7 Å². The van der Waals surface area contributed by atoms with Gasteiger partial charge in [0, 0.05) is 11.8 Å². The van der Waals surface area contributed by atoms with Gasteiger partial charge in [-0.05, 0) is 24.0 Å². The second kappa shape index (κ2) is 6.69. The lowest BCUT2D eigenvalue weighted by molar-refractivity contribution is -0.145. The summed E-state index contributed by atoms with van der Waals surface area (Å²) < 4.78 is 0. The smallest absolute Gasteiger partial charge is 0.324 e. The van der Waals surface area contributed by atoms with Crippen molar-refractivity contribution in [1.29, 1.82) is 0 Å². The van der Waals surface area contributed by atoms with Crippen LogP contribution in [0.4, 0.5) is 0 Å². The molecule has 0 saturated heterocycles. The lowest BCUT2D eigenvalue weighted by atomic mass is 9.77. The Kier molecular flexibility index (Phi) is 4.59. The van der Waals surface area contributed by atoms with E-state index in [1.807, 2.05) is 60.7 Å². The maximum Gasteiger partial charge on any atom is 0.324 e. The van der Waals surface area contributed by atoms with Gasteiger partial charge in [-0.3, -0.25) is 9.59 Å². The summed E-state index contributed by atoms with van der Waals surface area (Å²) in [4.78, 5) is 23.2. The molecule has 130 valence electrons. The molecule has 0 radical (unpaired) electrons. The molecular formula is C20H21NO4. The average Bonchev–Trinajstić information content (AvgIpc) is 3.42. The molecule has 2 aromatic carbocycles. The molecule has 0 bridgehead atoms. The first-order valence-corrected chi connectivity index (χ1v) is 8.28. The quantitative estimate of drug-likeness (QED) is 0.720. The van der Waals surface area contributed by atoms with E-state index in [1.165, 1.54) is 0 Å². The van der Waals surface area contributed by atoms with Gasteiger partial charge in [0.15, 0.2) is 0 Å². The van der Waals surface area contributed by atoms with Crippen LogP contribution in [0.15, 0.2) is 60.7 Å². The molecule has 1 saturated carbocycles. The van der Waals surface area contributed by atoms with Gasteiger partial charge in [0.1, 0.15) is 5.54 Å². The van der Waals surface area contributed by atoms with E-state index < -0.39 is 29.3 Å². The van der Waals surface area contributed by atoms with Crippen LogP contribution in [0.25, 0.3) is 0 Å². The standard InChI is InChI=1S/C20H21NO4/c21-20(19(24)25,17-11-15(17)18(22)23)12-16(13-7-3-1-4-8-13)14-9-5-2-6-10-14/h1-10,15-17H,11-12,21H2,(H,22,23)(H,24,25)/t15-,17-,20-/m1/s1. The van der Waals surface area contributed by atoms with Crippen LogP contribution >= 0.6 is 0 Å². The second-order valence-electron chi connectivity index (χ2n) is 6.71. The molecule has 3 rings (SSSR count). The van der Waals surface area contributed by atoms with E-state index in [9.17, 15) is 19.8 Å². The Morgan fingerprint density at radius 3 is 1.84 bits per heavy atom. The summed E-state index contributed by atoms with van der Waals surface area (Å²) >= 11 is 0. The largest absolute Gasteiger partial charge is 0.481 e. The zero-order valence-corrected chi connectivity index (χ0v) is 13.7. The summed E-state index contributed by atoms with van der Waals surface area (Å²) in [6.07, 6.45) is 0.471. The van der Waals surface area contributed by atoms with Crippen molar-refractivity contribution in [3.8, 4) is 0 Å². The van der Waals surface area contributed by atoms with E-state index in [0.717, 1.165) is 11.1 Å². The van der Waals surface area contributed by atoms with Gasteiger partial charge in [-0.2, -0.15) is 0 Å². The fourth-order valence-corrected chi connectivity index (χ4v) is 3.57. The van der Waals surface area contributed by atoms with E-state index in [4.69, 9.17) is 5.73 Å². The highest BCUT2D eigenvalue weighted by molar-refractivity contribution is 5.83. The van der Waals surface area contributed by atoms with Crippen molar-refractivity contribution in [2.45, 2.75) is 24.3 Å². The first kappa shape index (κ1) is 17.2. The fourth-order valence-electron chi connectivity index (χ4n) is 3.57. The first-order valence-electron chi connectivity index (χ1n) is 8.28. The Morgan fingerprint density at radius 2 is 1.48 bits per heavy atom. The highest BCUT2D eigenvalue weighted by atomic mass is 16.4. The van der Waals surface area contributed by atoms with Crippen molar-refractivity contribution in [3.63, 3.8) is 0 Å². The zero-order chi connectivity index (χ0) is 18.0. The topological polar surface area (TPSA) is 101 Å². The van der Waals surface area contributed by atoms with Crippen LogP contribution in [-0.2, 0) is 9.59 Å². The number of aliphatic carboxylic acids is 2. The summed E-state index contributed by atoms with van der Waals surface area (Å²) in [5.41, 5.74) is 6.66. The number of carboxylic acids is 2. The Hall–Kier alpha value is -2.66. The molecule has 5 nitrogen and oxygen atoms in total. The molecule has 0 heterocycles. The van der Waals surface area contributed by atoms with Crippen molar-refractivity contribution in [2.75, 3.05) is 0 Å². The zero-order valence-electron chi connectivity index (χ0n) is 13.7. The third-order valence-corrected chi connectivity index (χ3v) is 5.11. The summed E-state index contributed by atoms with van der Waals surface area (Å²) in [6, 6.07) is 19.2. The Bertz CT molecular complexity index is 722. The van der Waals surface area contributed by atoms with Crippen LogP contribution in [0, 0.1) is 11.8 Å². The van der Waals surface area contributed by atoms with Crippen LogP contribution in [0.3, 0.4) is 0 Å². The number of benzene rings is 2. The molecule has 0 amide bonds. The Balaban J connectivity index is 1.96. The number of rotatable bonds is 7. The molecule has 25 heavy (non-hydrogen) atoms. The lowest BCUT2D eigenvalue weighted by Gasteiger charge is -2.30. The molecule has 0 spiro atoms. The number of carboxylic acid groups (broad SMARTS) is 2. The number of nitrogens with two attached hydrogens (primary N) is 1. The van der Waals surface area contributed by atoms with Crippen LogP contribution in [0.2, 0.25) is 0 Å². The number of hydrogen-bond acceptors (Lipinski definition) is 3. The van der Waals surface area contributed by atoms with E-state index in [-0.39, 0.29) is 12.3 Å². The average molecular weight is 339 g/mol. The maximum absolute atomic E-state index is 12.0. The third-order valence-electron chi connectivity index (χ3n) is 5.11. The summed E-state index contributed by atoms with van der Waals surface area (Å²) in [7, 11) is 0. The molecule has 5 heteroatoms. The van der Waals surface area contributed by atoms with E-state index in [1.54, 1.807) is 0 Å². The predicted molar refractivity (Wildman–Crippen MR) is 93.1 cm³/mol. The fraction of sp³-hybridized carbons (Fsp3) is 0.300. The van der Waals surface area contributed by atoms with Gasteiger partial charge in [0.25, 0.3) is 0 Å². The van der Waals surface area contributed by atoms with Crippen LogP contribution in [-0.4, -0.2) is 27.7 Å². The van der Waals surface area contributed by atoms with Crippen molar-refractivity contribution in [2.24, 2.45) is 17.6 Å². The van der Waals surface area contributed by atoms with Crippen LogP contribution < -0.4 is 5.73 Å². The molecule has 0 aromatic heterocycles. The Labute approximate surface area is 146 Å². The molecule has 3 atom stereocenters. The second-order valence-corrected chi connectivity index (χ2v) is 6.71. The van der Waals surface area contributed by atoms with Gasteiger partial charge < -0.3 is 15.9 Å². The molecule has 0 unspecified atom stereocenters. The molecular weight excluding hydrogens is 318 g/mol. The monoisotopic (exact) mass is 339 g/mol. The highest BCUT2D eigenvalue weighted by Crippen LogP contribution is 2.49. The van der Waals surface area contributed by atoms with Crippen LogP contribution in [0.1, 0.15) is 29.9 Å². The molecule has 1 fully saturated rings. The van der Waals surface area contributed by atoms with E-state index >= 15 is 0 Å². The van der Waals surface area contributed by atoms with Crippen LogP contribution in [0.5, 0.6) is 0 Å². The van der Waals surface area contributed by atoms with Gasteiger partial charge in [-0.15, -0.1) is 0 Å². The number of hydrogen-bond donors (Lipinski definition) is 3. The van der Waals surface area contributed by atoms with Gasteiger partial charge in [0.05, 0.1) is 5.92 Å². The molecule has 1 aliphatic carbocycles. The molecule has 2 aromatic rings. The van der Waals surface area contributed by atoms with Gasteiger partial charge in [-0.25, -0.2) is 0 Å². The minimum atomic E-state index is -1.57. The molecule has 1 aliphatic rings. The molecule has 0 aliphatic heterocycles. The Morgan fingerprint density at radius 1 is 1.00 bits per heavy atom. The van der Waals surface area contributed by atoms with Crippen molar-refractivity contribution < 1.29 is 19.8 Å². The maximum atomic E-state index is 12.0. The summed E-state index contributed by atoms with van der Waals surface area (Å²) in [5, 5.41) is 19.0. The predicted octanol–water partition coefficient (Wildman–Crippen LogP) is 2.71. The summed E-state index contributed by atoms with van der Waals surface area (Å²) in [6.45, 7) is 0. The number of carbonyl (C=O) groups is 2.